The molecular formula is C10H9N3O3S. The summed E-state index contributed by atoms with van der Waals surface area (Å²) in [7, 11) is 0. The molecule has 0 spiro atoms. The molecule has 2 N–H and O–H groups in total. The fraction of sp³-hybridized carbons (Fsp3) is 0.200. The van der Waals surface area contributed by atoms with Crippen molar-refractivity contribution in [3.8, 4) is 11.8 Å². The topological polar surface area (TPSA) is 99.1 Å². The van der Waals surface area contributed by atoms with Gasteiger partial charge in [-0.25, -0.2) is 4.98 Å². The maximum absolute atomic E-state index is 10.6. The predicted octanol–water partition coefficient (Wildman–Crippen LogP) is 1.20. The number of pyridine rings is 1. The van der Waals surface area contributed by atoms with Gasteiger partial charge in [0.05, 0.1) is 16.2 Å². The number of carbonyl (C=O) groups excluding carboxylic acids is 1. The molecule has 6 nitrogen and oxygen atoms in total. The van der Waals surface area contributed by atoms with Gasteiger partial charge in [-0.3, -0.25) is 14.9 Å². The lowest BCUT2D eigenvalue weighted by molar-refractivity contribution is -0.385. The van der Waals surface area contributed by atoms with E-state index < -0.39 is 4.92 Å². The van der Waals surface area contributed by atoms with E-state index in [0.29, 0.717) is 11.3 Å². The van der Waals surface area contributed by atoms with Crippen LogP contribution in [0.5, 0.6) is 0 Å². The number of hydrogen-bond donors (Lipinski definition) is 1. The van der Waals surface area contributed by atoms with Crippen LogP contribution in [0.1, 0.15) is 12.5 Å². The molecule has 0 radical (unpaired) electrons. The van der Waals surface area contributed by atoms with Gasteiger partial charge in [0.25, 0.3) is 5.69 Å². The van der Waals surface area contributed by atoms with Crippen molar-refractivity contribution >= 4 is 28.4 Å². The largest absolute Gasteiger partial charge is 0.383 e. The Bertz CT molecular complexity index is 519. The van der Waals surface area contributed by atoms with E-state index in [1.54, 1.807) is 0 Å². The number of hydrogen-bond acceptors (Lipinski definition) is 6. The minimum atomic E-state index is -0.568. The van der Waals surface area contributed by atoms with Crippen molar-refractivity contribution in [1.29, 1.82) is 0 Å². The molecule has 1 aromatic rings. The van der Waals surface area contributed by atoms with Crippen molar-refractivity contribution in [3.05, 3.63) is 27.9 Å². The minimum absolute atomic E-state index is 0.0376. The first kappa shape index (κ1) is 13.0. The van der Waals surface area contributed by atoms with Gasteiger partial charge in [0.1, 0.15) is 12.0 Å². The number of nitro groups is 1. The highest BCUT2D eigenvalue weighted by molar-refractivity contribution is 8.13. The Hall–Kier alpha value is -2.07. The molecule has 0 aromatic carbocycles. The van der Waals surface area contributed by atoms with Crippen LogP contribution in [0.3, 0.4) is 0 Å². The highest BCUT2D eigenvalue weighted by atomic mass is 32.2. The van der Waals surface area contributed by atoms with Crippen molar-refractivity contribution in [2.24, 2.45) is 0 Å². The third kappa shape index (κ3) is 4.12. The molecule has 0 bridgehead atoms. The smallest absolute Gasteiger partial charge is 0.288 e. The fourth-order valence-electron chi connectivity index (χ4n) is 0.933. The van der Waals surface area contributed by atoms with Crippen molar-refractivity contribution in [2.45, 2.75) is 6.92 Å². The van der Waals surface area contributed by atoms with Gasteiger partial charge in [-0.2, -0.15) is 0 Å². The zero-order chi connectivity index (χ0) is 12.8. The molecule has 0 saturated heterocycles. The lowest BCUT2D eigenvalue weighted by Gasteiger charge is -1.96. The number of rotatable bonds is 2. The Labute approximate surface area is 102 Å². The van der Waals surface area contributed by atoms with Gasteiger partial charge >= 0.3 is 0 Å². The molecule has 0 atom stereocenters. The second kappa shape index (κ2) is 5.86. The van der Waals surface area contributed by atoms with Gasteiger partial charge in [-0.1, -0.05) is 23.6 Å². The van der Waals surface area contributed by atoms with Crippen LogP contribution in [-0.4, -0.2) is 20.8 Å². The van der Waals surface area contributed by atoms with Crippen LogP contribution in [0.4, 0.5) is 11.5 Å². The first-order valence-electron chi connectivity index (χ1n) is 4.53. The van der Waals surface area contributed by atoms with Crippen molar-refractivity contribution in [3.63, 3.8) is 0 Å². The average Bonchev–Trinajstić information content (AvgIpc) is 2.25. The molecule has 0 amide bonds. The molecule has 0 saturated carbocycles. The number of nitrogens with two attached hydrogens (primary N) is 1. The van der Waals surface area contributed by atoms with Gasteiger partial charge in [0.2, 0.25) is 0 Å². The van der Waals surface area contributed by atoms with E-state index in [9.17, 15) is 14.9 Å². The lowest BCUT2D eigenvalue weighted by Crippen LogP contribution is -1.97. The first-order valence-corrected chi connectivity index (χ1v) is 5.51. The van der Waals surface area contributed by atoms with E-state index in [1.807, 2.05) is 0 Å². The van der Waals surface area contributed by atoms with E-state index >= 15 is 0 Å². The number of thioether (sulfide) groups is 1. The Morgan fingerprint density at radius 2 is 2.41 bits per heavy atom. The number of aromatic nitrogens is 1. The standard InChI is InChI=1S/C10H9N3O3S/c1-7(14)17-4-2-3-8-5-9(13(15)16)6-12-10(8)11/h5-6H,4H2,1H3,(H2,11,12). The Kier molecular flexibility index (Phi) is 4.48. The molecule has 7 heteroatoms. The molecule has 0 aliphatic rings. The average molecular weight is 251 g/mol. The molecule has 0 fully saturated rings. The lowest BCUT2D eigenvalue weighted by atomic mass is 10.2. The fourth-order valence-corrected chi connectivity index (χ4v) is 1.28. The number of nitrogen functional groups attached to an aromatic ring is 1. The van der Waals surface area contributed by atoms with Crippen molar-refractivity contribution < 1.29 is 9.72 Å². The van der Waals surface area contributed by atoms with Gasteiger partial charge in [0.15, 0.2) is 5.12 Å². The van der Waals surface area contributed by atoms with Crippen LogP contribution < -0.4 is 5.73 Å². The van der Waals surface area contributed by atoms with Gasteiger partial charge in [-0.15, -0.1) is 0 Å². The quantitative estimate of drug-likeness (QED) is 0.481. The SMILES string of the molecule is CC(=O)SCC#Cc1cc([N+](=O)[O-])cnc1N. The molecular weight excluding hydrogens is 242 g/mol. The summed E-state index contributed by atoms with van der Waals surface area (Å²) >= 11 is 1.06. The molecule has 1 heterocycles. The van der Waals surface area contributed by atoms with Crippen molar-refractivity contribution in [1.82, 2.24) is 4.98 Å². The first-order chi connectivity index (χ1) is 8.00. The van der Waals surface area contributed by atoms with E-state index in [1.165, 1.54) is 13.0 Å². The third-order valence-corrected chi connectivity index (χ3v) is 2.38. The van der Waals surface area contributed by atoms with Gasteiger partial charge in [0, 0.05) is 13.0 Å². The van der Waals surface area contributed by atoms with E-state index in [-0.39, 0.29) is 16.6 Å². The minimum Gasteiger partial charge on any atom is -0.383 e. The molecule has 1 rings (SSSR count). The summed E-state index contributed by atoms with van der Waals surface area (Å²) in [6, 6.07) is 1.26. The third-order valence-electron chi connectivity index (χ3n) is 1.69. The summed E-state index contributed by atoms with van der Waals surface area (Å²) < 4.78 is 0. The molecule has 17 heavy (non-hydrogen) atoms. The van der Waals surface area contributed by atoms with Crippen LogP contribution >= 0.6 is 11.8 Å². The van der Waals surface area contributed by atoms with Crippen LogP contribution in [0, 0.1) is 22.0 Å². The van der Waals surface area contributed by atoms with Crippen LogP contribution in [0.25, 0.3) is 0 Å². The van der Waals surface area contributed by atoms with Crippen LogP contribution in [-0.2, 0) is 4.79 Å². The highest BCUT2D eigenvalue weighted by Gasteiger charge is 2.08. The van der Waals surface area contributed by atoms with E-state index in [0.717, 1.165) is 18.0 Å². The molecule has 0 aliphatic carbocycles. The zero-order valence-electron chi connectivity index (χ0n) is 8.97. The monoisotopic (exact) mass is 251 g/mol. The zero-order valence-corrected chi connectivity index (χ0v) is 9.78. The summed E-state index contributed by atoms with van der Waals surface area (Å²) in [5.74, 6) is 5.79. The van der Waals surface area contributed by atoms with Gasteiger partial charge < -0.3 is 5.73 Å². The molecule has 0 aliphatic heterocycles. The summed E-state index contributed by atoms with van der Waals surface area (Å²) in [6.07, 6.45) is 1.07. The molecule has 1 aromatic heterocycles. The normalized spacial score (nSPS) is 9.24. The highest BCUT2D eigenvalue weighted by Crippen LogP contribution is 2.15. The van der Waals surface area contributed by atoms with Crippen molar-refractivity contribution in [2.75, 3.05) is 11.5 Å². The molecule has 88 valence electrons. The van der Waals surface area contributed by atoms with E-state index in [4.69, 9.17) is 5.73 Å². The summed E-state index contributed by atoms with van der Waals surface area (Å²) in [6.45, 7) is 1.44. The summed E-state index contributed by atoms with van der Waals surface area (Å²) in [5.41, 5.74) is 5.65. The summed E-state index contributed by atoms with van der Waals surface area (Å²) in [5, 5.41) is 10.5. The summed E-state index contributed by atoms with van der Waals surface area (Å²) in [4.78, 5) is 24.3. The second-order valence-electron chi connectivity index (χ2n) is 2.97. The molecule has 0 unspecified atom stereocenters. The van der Waals surface area contributed by atoms with Crippen LogP contribution in [0.2, 0.25) is 0 Å². The number of carbonyl (C=O) groups is 1. The van der Waals surface area contributed by atoms with Gasteiger partial charge in [-0.05, 0) is 0 Å². The number of nitrogens with zero attached hydrogens (tertiary/aromatic N) is 2. The maximum atomic E-state index is 10.6. The predicted molar refractivity (Wildman–Crippen MR) is 65.3 cm³/mol. The van der Waals surface area contributed by atoms with E-state index in [2.05, 4.69) is 16.8 Å². The Balaban J connectivity index is 2.86. The Morgan fingerprint density at radius 3 is 3.00 bits per heavy atom. The second-order valence-corrected chi connectivity index (χ2v) is 4.12. The number of anilines is 1. The maximum Gasteiger partial charge on any atom is 0.288 e. The Morgan fingerprint density at radius 1 is 1.71 bits per heavy atom. The van der Waals surface area contributed by atoms with Crippen LogP contribution in [0.15, 0.2) is 12.3 Å².